The highest BCUT2D eigenvalue weighted by Gasteiger charge is 2.15. The number of amides is 1. The molecule has 1 aromatic rings. The van der Waals surface area contributed by atoms with Crippen molar-refractivity contribution in [2.45, 2.75) is 59.4 Å². The lowest BCUT2D eigenvalue weighted by molar-refractivity contribution is -0.122. The largest absolute Gasteiger partial charge is 0.350 e. The van der Waals surface area contributed by atoms with Crippen LogP contribution in [0, 0.1) is 19.8 Å². The van der Waals surface area contributed by atoms with E-state index in [-0.39, 0.29) is 11.9 Å². The first-order chi connectivity index (χ1) is 9.47. The molecule has 1 aromatic heterocycles. The number of aryl methyl sites for hydroxylation is 2. The van der Waals surface area contributed by atoms with Crippen LogP contribution in [0.2, 0.25) is 0 Å². The molecule has 3 N–H and O–H groups in total. The fourth-order valence-electron chi connectivity index (χ4n) is 2.60. The molecule has 0 bridgehead atoms. The van der Waals surface area contributed by atoms with Crippen LogP contribution in [-0.4, -0.2) is 12.5 Å². The van der Waals surface area contributed by atoms with Gasteiger partial charge in [0.1, 0.15) is 0 Å². The summed E-state index contributed by atoms with van der Waals surface area (Å²) >= 11 is 1.79. The minimum absolute atomic E-state index is 0.0991. The van der Waals surface area contributed by atoms with Gasteiger partial charge in [-0.05, 0) is 57.7 Å². The highest BCUT2D eigenvalue weighted by molar-refractivity contribution is 7.12. The van der Waals surface area contributed by atoms with Crippen molar-refractivity contribution in [3.05, 3.63) is 21.4 Å². The molecule has 0 spiro atoms. The van der Waals surface area contributed by atoms with Crippen LogP contribution in [0.15, 0.2) is 6.07 Å². The van der Waals surface area contributed by atoms with E-state index in [1.165, 1.54) is 15.3 Å². The first-order valence-electron chi connectivity index (χ1n) is 7.54. The number of hydrogen-bond donors (Lipinski definition) is 2. The minimum Gasteiger partial charge on any atom is -0.350 e. The molecule has 20 heavy (non-hydrogen) atoms. The summed E-state index contributed by atoms with van der Waals surface area (Å²) in [6, 6.07) is 2.27. The summed E-state index contributed by atoms with van der Waals surface area (Å²) in [5.41, 5.74) is 6.83. The van der Waals surface area contributed by atoms with Gasteiger partial charge in [-0.15, -0.1) is 11.3 Å². The molecule has 2 atom stereocenters. The quantitative estimate of drug-likeness (QED) is 0.768. The predicted molar refractivity (Wildman–Crippen MR) is 87.0 cm³/mol. The van der Waals surface area contributed by atoms with Crippen LogP contribution in [0.1, 0.15) is 60.9 Å². The zero-order chi connectivity index (χ0) is 15.1. The third-order valence-corrected chi connectivity index (χ3v) is 4.84. The maximum atomic E-state index is 12.0. The second-order valence-corrected chi connectivity index (χ2v) is 7.01. The van der Waals surface area contributed by atoms with Crippen LogP contribution in [0.5, 0.6) is 0 Å². The van der Waals surface area contributed by atoms with E-state index in [0.29, 0.717) is 18.9 Å². The predicted octanol–water partition coefficient (Wildman–Crippen LogP) is 3.70. The fourth-order valence-corrected chi connectivity index (χ4v) is 3.62. The summed E-state index contributed by atoms with van der Waals surface area (Å²) in [7, 11) is 0. The Morgan fingerprint density at radius 3 is 2.60 bits per heavy atom. The van der Waals surface area contributed by atoms with Gasteiger partial charge >= 0.3 is 0 Å². The highest BCUT2D eigenvalue weighted by atomic mass is 32.1. The van der Waals surface area contributed by atoms with Crippen molar-refractivity contribution in [2.24, 2.45) is 11.7 Å². The van der Waals surface area contributed by atoms with Gasteiger partial charge in [0.2, 0.25) is 5.91 Å². The zero-order valence-corrected chi connectivity index (χ0v) is 14.0. The first kappa shape index (κ1) is 17.2. The van der Waals surface area contributed by atoms with Gasteiger partial charge in [0.15, 0.2) is 0 Å². The Bertz CT molecular complexity index is 428. The molecule has 1 rings (SSSR count). The third kappa shape index (κ3) is 5.25. The van der Waals surface area contributed by atoms with Gasteiger partial charge in [-0.3, -0.25) is 4.79 Å². The van der Waals surface area contributed by atoms with Gasteiger partial charge in [0.05, 0.1) is 6.04 Å². The lowest BCUT2D eigenvalue weighted by Crippen LogP contribution is -2.27. The van der Waals surface area contributed by atoms with Crippen molar-refractivity contribution in [1.82, 2.24) is 5.32 Å². The Labute approximate surface area is 127 Å². The van der Waals surface area contributed by atoms with E-state index in [2.05, 4.69) is 39.1 Å². The molecule has 0 aromatic carbocycles. The number of hydrogen-bond acceptors (Lipinski definition) is 3. The summed E-state index contributed by atoms with van der Waals surface area (Å²) in [4.78, 5) is 14.6. The van der Waals surface area contributed by atoms with E-state index < -0.39 is 0 Å². The van der Waals surface area contributed by atoms with Crippen LogP contribution in [0.4, 0.5) is 0 Å². The number of carbonyl (C=O) groups excluding carboxylic acids is 1. The van der Waals surface area contributed by atoms with Gasteiger partial charge in [0.25, 0.3) is 0 Å². The van der Waals surface area contributed by atoms with Crippen LogP contribution in [-0.2, 0) is 4.79 Å². The lowest BCUT2D eigenvalue weighted by Gasteiger charge is -2.16. The second-order valence-electron chi connectivity index (χ2n) is 5.55. The average molecular weight is 296 g/mol. The Hall–Kier alpha value is -0.870. The van der Waals surface area contributed by atoms with Crippen molar-refractivity contribution in [3.63, 3.8) is 0 Å². The van der Waals surface area contributed by atoms with E-state index in [0.717, 1.165) is 19.3 Å². The van der Waals surface area contributed by atoms with Crippen molar-refractivity contribution in [3.8, 4) is 0 Å². The van der Waals surface area contributed by atoms with Crippen LogP contribution in [0.3, 0.4) is 0 Å². The number of nitrogens with two attached hydrogens (primary N) is 1. The number of thiophene rings is 1. The molecule has 4 heteroatoms. The van der Waals surface area contributed by atoms with E-state index in [1.54, 1.807) is 11.3 Å². The van der Waals surface area contributed by atoms with Gasteiger partial charge < -0.3 is 11.1 Å². The van der Waals surface area contributed by atoms with Gasteiger partial charge in [0, 0.05) is 16.2 Å². The number of carbonyl (C=O) groups is 1. The zero-order valence-electron chi connectivity index (χ0n) is 13.2. The molecule has 0 saturated carbocycles. The molecule has 0 aliphatic rings. The molecule has 0 aliphatic heterocycles. The summed E-state index contributed by atoms with van der Waals surface area (Å²) < 4.78 is 0. The molecule has 114 valence electrons. The topological polar surface area (TPSA) is 55.1 Å². The average Bonchev–Trinajstić information content (AvgIpc) is 2.73. The second kappa shape index (κ2) is 8.42. The lowest BCUT2D eigenvalue weighted by atomic mass is 9.96. The molecule has 2 unspecified atom stereocenters. The van der Waals surface area contributed by atoms with Gasteiger partial charge in [-0.1, -0.05) is 13.3 Å². The molecule has 3 nitrogen and oxygen atoms in total. The summed E-state index contributed by atoms with van der Waals surface area (Å²) in [6.45, 7) is 9.16. The Morgan fingerprint density at radius 1 is 1.40 bits per heavy atom. The molecule has 0 aliphatic carbocycles. The first-order valence-corrected chi connectivity index (χ1v) is 8.35. The fraction of sp³-hybridized carbons (Fsp3) is 0.688. The highest BCUT2D eigenvalue weighted by Crippen LogP contribution is 2.26. The summed E-state index contributed by atoms with van der Waals surface area (Å²) in [5.74, 6) is 0.724. The Balaban J connectivity index is 2.44. The molecule has 1 heterocycles. The summed E-state index contributed by atoms with van der Waals surface area (Å²) in [6.07, 6.45) is 3.66. The van der Waals surface area contributed by atoms with Crippen molar-refractivity contribution >= 4 is 17.2 Å². The van der Waals surface area contributed by atoms with E-state index in [4.69, 9.17) is 5.73 Å². The normalized spacial score (nSPS) is 14.1. The SMILES string of the molecule is CCC(CCN)CCC(=O)NC(C)c1cc(C)sc1C. The van der Waals surface area contributed by atoms with Gasteiger partial charge in [-0.25, -0.2) is 0 Å². The Kier molecular flexibility index (Phi) is 7.24. The van der Waals surface area contributed by atoms with Crippen molar-refractivity contribution < 1.29 is 4.79 Å². The molecule has 0 saturated heterocycles. The molecule has 0 fully saturated rings. The minimum atomic E-state index is 0.0991. The van der Waals surface area contributed by atoms with E-state index in [9.17, 15) is 4.79 Å². The van der Waals surface area contributed by atoms with Crippen molar-refractivity contribution in [2.75, 3.05) is 6.54 Å². The van der Waals surface area contributed by atoms with Crippen LogP contribution in [0.25, 0.3) is 0 Å². The molecular weight excluding hydrogens is 268 g/mol. The monoisotopic (exact) mass is 296 g/mol. The van der Waals surface area contributed by atoms with E-state index in [1.807, 2.05) is 0 Å². The molecule has 0 radical (unpaired) electrons. The van der Waals surface area contributed by atoms with E-state index >= 15 is 0 Å². The summed E-state index contributed by atoms with van der Waals surface area (Å²) in [5, 5.41) is 3.11. The standard InChI is InChI=1S/C16H28N2OS/c1-5-14(8-9-17)6-7-16(19)18-12(3)15-10-11(2)20-13(15)4/h10,12,14H,5-9,17H2,1-4H3,(H,18,19). The maximum absolute atomic E-state index is 12.0. The number of rotatable bonds is 8. The van der Waals surface area contributed by atoms with Crippen LogP contribution < -0.4 is 11.1 Å². The molecular formula is C16H28N2OS. The smallest absolute Gasteiger partial charge is 0.220 e. The third-order valence-electron chi connectivity index (χ3n) is 3.86. The number of nitrogens with one attached hydrogen (secondary N) is 1. The van der Waals surface area contributed by atoms with Crippen molar-refractivity contribution in [1.29, 1.82) is 0 Å². The van der Waals surface area contributed by atoms with Gasteiger partial charge in [-0.2, -0.15) is 0 Å². The Morgan fingerprint density at radius 2 is 2.10 bits per heavy atom. The molecule has 1 amide bonds. The van der Waals surface area contributed by atoms with Crippen LogP contribution >= 0.6 is 11.3 Å². The maximum Gasteiger partial charge on any atom is 0.220 e.